The number of nitrogens with one attached hydrogen (secondary N) is 2. The molecule has 2 amide bonds. The number of alkyl halides is 3. The lowest BCUT2D eigenvalue weighted by atomic mass is 10.0. The molecule has 0 spiro atoms. The highest BCUT2D eigenvalue weighted by Crippen LogP contribution is 2.17. The first-order chi connectivity index (χ1) is 10.7. The van der Waals surface area contributed by atoms with Crippen molar-refractivity contribution < 1.29 is 27.9 Å². The maximum absolute atomic E-state index is 11.9. The monoisotopic (exact) mass is 332 g/mol. The average Bonchev–Trinajstić information content (AvgIpc) is 2.45. The summed E-state index contributed by atoms with van der Waals surface area (Å²) >= 11 is 0. The van der Waals surface area contributed by atoms with Crippen molar-refractivity contribution in [3.63, 3.8) is 0 Å². The average molecular weight is 332 g/mol. The molecule has 0 aromatic heterocycles. The first-order valence-electron chi connectivity index (χ1n) is 7.03. The molecule has 0 aliphatic heterocycles. The van der Waals surface area contributed by atoms with Gasteiger partial charge in [0.05, 0.1) is 6.10 Å². The quantitative estimate of drug-likeness (QED) is 0.665. The van der Waals surface area contributed by atoms with Gasteiger partial charge in [-0.3, -0.25) is 9.59 Å². The topological polar surface area (TPSA) is 78.4 Å². The molecule has 3 N–H and O–H groups in total. The van der Waals surface area contributed by atoms with Crippen molar-refractivity contribution in [2.24, 2.45) is 0 Å². The van der Waals surface area contributed by atoms with E-state index in [1.807, 2.05) is 0 Å². The summed E-state index contributed by atoms with van der Waals surface area (Å²) in [4.78, 5) is 22.8. The Bertz CT molecular complexity index is 520. The molecule has 2 unspecified atom stereocenters. The normalized spacial score (nSPS) is 14.0. The minimum atomic E-state index is -4.51. The highest BCUT2D eigenvalue weighted by molar-refractivity contribution is 5.96. The van der Waals surface area contributed by atoms with Gasteiger partial charge < -0.3 is 15.7 Å². The molecule has 0 bridgehead atoms. The Balaban J connectivity index is 2.34. The summed E-state index contributed by atoms with van der Waals surface area (Å²) in [6.45, 7) is 0.166. The number of carbonyl (C=O) groups is 2. The van der Waals surface area contributed by atoms with Crippen molar-refractivity contribution in [2.75, 3.05) is 6.54 Å². The van der Waals surface area contributed by atoms with E-state index in [1.165, 1.54) is 0 Å². The number of benzene rings is 1. The van der Waals surface area contributed by atoms with Crippen LogP contribution in [0.15, 0.2) is 30.3 Å². The Hall–Kier alpha value is -2.09. The third-order valence-corrected chi connectivity index (χ3v) is 2.98. The molecule has 0 saturated heterocycles. The summed E-state index contributed by atoms with van der Waals surface area (Å²) in [5, 5.41) is 14.1. The molecule has 23 heavy (non-hydrogen) atoms. The van der Waals surface area contributed by atoms with E-state index in [1.54, 1.807) is 42.6 Å². The van der Waals surface area contributed by atoms with Crippen LogP contribution in [-0.2, 0) is 9.59 Å². The number of carbonyl (C=O) groups excluding carboxylic acids is 2. The Morgan fingerprint density at radius 3 is 2.35 bits per heavy atom. The third kappa shape index (κ3) is 8.20. The molecule has 0 aliphatic carbocycles. The molecule has 5 nitrogen and oxygen atoms in total. The number of halogens is 3. The number of amides is 2. The Morgan fingerprint density at radius 2 is 1.78 bits per heavy atom. The zero-order chi connectivity index (χ0) is 17.5. The van der Waals surface area contributed by atoms with Crippen LogP contribution in [0.4, 0.5) is 13.2 Å². The summed E-state index contributed by atoms with van der Waals surface area (Å²) in [5.74, 6) is -1.70. The lowest BCUT2D eigenvalue weighted by Gasteiger charge is -2.18. The van der Waals surface area contributed by atoms with Crippen LogP contribution in [0.3, 0.4) is 0 Å². The van der Waals surface area contributed by atoms with E-state index in [2.05, 4.69) is 5.32 Å². The summed E-state index contributed by atoms with van der Waals surface area (Å²) in [6.07, 6.45) is -5.77. The number of aliphatic hydroxyl groups excluding tert-OH is 1. The summed E-state index contributed by atoms with van der Waals surface area (Å²) in [6, 6.07) is 8.39. The van der Waals surface area contributed by atoms with Crippen molar-refractivity contribution in [3.05, 3.63) is 35.9 Å². The van der Waals surface area contributed by atoms with Gasteiger partial charge in [0.2, 0.25) is 11.8 Å². The van der Waals surface area contributed by atoms with Crippen LogP contribution in [0.2, 0.25) is 0 Å². The smallest absolute Gasteiger partial charge is 0.388 e. The van der Waals surface area contributed by atoms with Gasteiger partial charge in [-0.1, -0.05) is 30.3 Å². The first-order valence-corrected chi connectivity index (χ1v) is 7.03. The fourth-order valence-corrected chi connectivity index (χ4v) is 1.94. The van der Waals surface area contributed by atoms with E-state index in [-0.39, 0.29) is 6.42 Å². The SMILES string of the molecule is CC(CC(O)c1ccccc1)NC(=O)CC(=O)NCC(F)(F)F. The lowest BCUT2D eigenvalue weighted by molar-refractivity contribution is -0.140. The van der Waals surface area contributed by atoms with Crippen molar-refractivity contribution in [2.45, 2.75) is 38.1 Å². The van der Waals surface area contributed by atoms with Gasteiger partial charge >= 0.3 is 6.18 Å². The highest BCUT2D eigenvalue weighted by Gasteiger charge is 2.28. The van der Waals surface area contributed by atoms with Crippen LogP contribution >= 0.6 is 0 Å². The zero-order valence-electron chi connectivity index (χ0n) is 12.6. The van der Waals surface area contributed by atoms with Gasteiger partial charge in [0.15, 0.2) is 0 Å². The van der Waals surface area contributed by atoms with Crippen molar-refractivity contribution >= 4 is 11.8 Å². The van der Waals surface area contributed by atoms with Gasteiger partial charge in [0, 0.05) is 6.04 Å². The Morgan fingerprint density at radius 1 is 1.17 bits per heavy atom. The zero-order valence-corrected chi connectivity index (χ0v) is 12.6. The predicted molar refractivity (Wildman–Crippen MR) is 77.3 cm³/mol. The molecule has 1 rings (SSSR count). The van der Waals surface area contributed by atoms with Gasteiger partial charge in [-0.05, 0) is 18.9 Å². The van der Waals surface area contributed by atoms with Gasteiger partial charge in [-0.25, -0.2) is 0 Å². The van der Waals surface area contributed by atoms with E-state index in [9.17, 15) is 27.9 Å². The highest BCUT2D eigenvalue weighted by atomic mass is 19.4. The van der Waals surface area contributed by atoms with Crippen molar-refractivity contribution in [1.82, 2.24) is 10.6 Å². The molecule has 0 heterocycles. The maximum atomic E-state index is 11.9. The van der Waals surface area contributed by atoms with E-state index in [0.29, 0.717) is 5.56 Å². The second-order valence-corrected chi connectivity index (χ2v) is 5.20. The molecule has 2 atom stereocenters. The number of hydrogen-bond acceptors (Lipinski definition) is 3. The molecule has 0 radical (unpaired) electrons. The molecule has 1 aromatic carbocycles. The maximum Gasteiger partial charge on any atom is 0.405 e. The molecule has 0 fully saturated rings. The second-order valence-electron chi connectivity index (χ2n) is 5.20. The van der Waals surface area contributed by atoms with Crippen molar-refractivity contribution in [1.29, 1.82) is 0 Å². The van der Waals surface area contributed by atoms with E-state index >= 15 is 0 Å². The number of hydrogen-bond donors (Lipinski definition) is 3. The standard InChI is InChI=1S/C15H19F3N2O3/c1-10(7-12(21)11-5-3-2-4-6-11)20-14(23)8-13(22)19-9-15(16,17)18/h2-6,10,12,21H,7-9H2,1H3,(H,19,22)(H,20,23). The molecule has 0 aliphatic rings. The first kappa shape index (κ1) is 19.0. The summed E-state index contributed by atoms with van der Waals surface area (Å²) in [7, 11) is 0. The Kier molecular flexibility index (Phi) is 7.02. The van der Waals surface area contributed by atoms with Gasteiger partial charge in [0.1, 0.15) is 13.0 Å². The predicted octanol–water partition coefficient (Wildman–Crippen LogP) is 1.68. The summed E-state index contributed by atoms with van der Waals surface area (Å²) < 4.78 is 35.8. The lowest BCUT2D eigenvalue weighted by Crippen LogP contribution is -2.39. The van der Waals surface area contributed by atoms with E-state index < -0.39 is 43.1 Å². The second kappa shape index (κ2) is 8.52. The van der Waals surface area contributed by atoms with Gasteiger partial charge in [-0.2, -0.15) is 13.2 Å². The van der Waals surface area contributed by atoms with Crippen LogP contribution in [0.25, 0.3) is 0 Å². The molecule has 8 heteroatoms. The Labute approximate surface area is 131 Å². The molecule has 1 aromatic rings. The minimum Gasteiger partial charge on any atom is -0.388 e. The number of aliphatic hydroxyl groups is 1. The van der Waals surface area contributed by atoms with Gasteiger partial charge in [-0.15, -0.1) is 0 Å². The number of rotatable bonds is 7. The van der Waals surface area contributed by atoms with Crippen LogP contribution in [0, 0.1) is 0 Å². The third-order valence-electron chi connectivity index (χ3n) is 2.98. The fourth-order valence-electron chi connectivity index (χ4n) is 1.94. The van der Waals surface area contributed by atoms with Crippen molar-refractivity contribution in [3.8, 4) is 0 Å². The van der Waals surface area contributed by atoms with Crippen LogP contribution in [0.1, 0.15) is 31.4 Å². The van der Waals surface area contributed by atoms with E-state index in [4.69, 9.17) is 0 Å². The largest absolute Gasteiger partial charge is 0.405 e. The van der Waals surface area contributed by atoms with Crippen LogP contribution in [-0.4, -0.2) is 35.7 Å². The van der Waals surface area contributed by atoms with Crippen LogP contribution < -0.4 is 10.6 Å². The molecule has 0 saturated carbocycles. The summed E-state index contributed by atoms with van der Waals surface area (Å²) in [5.41, 5.74) is 0.691. The van der Waals surface area contributed by atoms with Gasteiger partial charge in [0.25, 0.3) is 0 Å². The molecular weight excluding hydrogens is 313 g/mol. The molecular formula is C15H19F3N2O3. The molecule has 128 valence electrons. The van der Waals surface area contributed by atoms with Crippen LogP contribution in [0.5, 0.6) is 0 Å². The minimum absolute atomic E-state index is 0.222. The fraction of sp³-hybridized carbons (Fsp3) is 0.467. The van der Waals surface area contributed by atoms with E-state index in [0.717, 1.165) is 0 Å².